The minimum atomic E-state index is 0.0605. The summed E-state index contributed by atoms with van der Waals surface area (Å²) in [4.78, 5) is 0. The van der Waals surface area contributed by atoms with Crippen LogP contribution < -0.4 is 0 Å². The van der Waals surface area contributed by atoms with E-state index >= 15 is 0 Å². The molecule has 0 fully saturated rings. The quantitative estimate of drug-likeness (QED) is 0.409. The maximum Gasteiger partial charge on any atom is 0.0701 e. The van der Waals surface area contributed by atoms with Gasteiger partial charge in [-0.1, -0.05) is 20.8 Å². The zero-order chi connectivity index (χ0) is 17.2. The van der Waals surface area contributed by atoms with E-state index in [1.54, 1.807) is 0 Å². The second-order valence-electron chi connectivity index (χ2n) is 6.49. The molecular formula is C17H36O6. The predicted octanol–water partition coefficient (Wildman–Crippen LogP) is 1.89. The Bertz CT molecular complexity index is 230. The number of unbranched alkanes of at least 4 members (excludes halogenated alkanes) is 1. The molecule has 0 heterocycles. The van der Waals surface area contributed by atoms with Crippen molar-refractivity contribution in [1.82, 2.24) is 0 Å². The molecule has 0 aromatic heterocycles. The minimum absolute atomic E-state index is 0.0605. The first kappa shape index (κ1) is 22.8. The molecule has 0 saturated heterocycles. The summed E-state index contributed by atoms with van der Waals surface area (Å²) < 4.78 is 26.9. The molecule has 0 aliphatic rings. The van der Waals surface area contributed by atoms with Gasteiger partial charge in [0.25, 0.3) is 0 Å². The molecule has 1 N–H and O–H groups in total. The van der Waals surface area contributed by atoms with E-state index in [1.165, 1.54) is 0 Å². The van der Waals surface area contributed by atoms with E-state index in [0.717, 1.165) is 26.1 Å². The fraction of sp³-hybridized carbons (Fsp3) is 1.00. The van der Waals surface area contributed by atoms with Crippen molar-refractivity contribution in [2.45, 2.75) is 33.6 Å². The highest BCUT2D eigenvalue weighted by atomic mass is 16.5. The first-order valence-corrected chi connectivity index (χ1v) is 8.56. The molecule has 0 spiro atoms. The first-order valence-electron chi connectivity index (χ1n) is 8.56. The van der Waals surface area contributed by atoms with Crippen LogP contribution in [0.25, 0.3) is 0 Å². The third kappa shape index (κ3) is 21.8. The van der Waals surface area contributed by atoms with Gasteiger partial charge < -0.3 is 28.8 Å². The van der Waals surface area contributed by atoms with E-state index in [4.69, 9.17) is 28.8 Å². The molecule has 0 saturated carbocycles. The molecule has 0 aromatic carbocycles. The van der Waals surface area contributed by atoms with E-state index in [2.05, 4.69) is 20.8 Å². The average molecular weight is 336 g/mol. The van der Waals surface area contributed by atoms with Gasteiger partial charge >= 0.3 is 0 Å². The fourth-order valence-corrected chi connectivity index (χ4v) is 1.61. The molecule has 0 aliphatic heterocycles. The van der Waals surface area contributed by atoms with E-state index < -0.39 is 0 Å². The molecule has 0 atom stereocenters. The van der Waals surface area contributed by atoms with Crippen LogP contribution in [0.3, 0.4) is 0 Å². The zero-order valence-corrected chi connectivity index (χ0v) is 15.2. The standard InChI is InChI=1S/C17H36O6/c1-17(2,3)16-23-15-14-22-13-11-20-8-5-4-7-19-10-12-21-9-6-18/h18H,4-16H2,1-3H3. The van der Waals surface area contributed by atoms with E-state index in [1.807, 2.05) is 0 Å². The van der Waals surface area contributed by atoms with Crippen molar-refractivity contribution >= 4 is 0 Å². The van der Waals surface area contributed by atoms with Gasteiger partial charge in [0, 0.05) is 13.2 Å². The van der Waals surface area contributed by atoms with Crippen molar-refractivity contribution in [2.75, 3.05) is 72.7 Å². The van der Waals surface area contributed by atoms with E-state index in [0.29, 0.717) is 52.9 Å². The smallest absolute Gasteiger partial charge is 0.0701 e. The minimum Gasteiger partial charge on any atom is -0.394 e. The molecule has 0 bridgehead atoms. The highest BCUT2D eigenvalue weighted by Gasteiger charge is 2.09. The van der Waals surface area contributed by atoms with Crippen LogP contribution in [0.1, 0.15) is 33.6 Å². The third-order valence-corrected chi connectivity index (χ3v) is 2.71. The normalized spacial score (nSPS) is 12.0. The Hall–Kier alpha value is -0.240. The van der Waals surface area contributed by atoms with Crippen LogP contribution in [0.5, 0.6) is 0 Å². The van der Waals surface area contributed by atoms with Gasteiger partial charge in [0.2, 0.25) is 0 Å². The van der Waals surface area contributed by atoms with Crippen molar-refractivity contribution in [2.24, 2.45) is 5.41 Å². The van der Waals surface area contributed by atoms with Crippen LogP contribution in [-0.2, 0) is 23.7 Å². The van der Waals surface area contributed by atoms with E-state index in [9.17, 15) is 0 Å². The molecule has 0 unspecified atom stereocenters. The molecule has 0 radical (unpaired) electrons. The number of rotatable bonds is 17. The van der Waals surface area contributed by atoms with Crippen molar-refractivity contribution in [3.8, 4) is 0 Å². The second kappa shape index (κ2) is 16.6. The van der Waals surface area contributed by atoms with Crippen LogP contribution in [0.4, 0.5) is 0 Å². The maximum absolute atomic E-state index is 8.52. The van der Waals surface area contributed by atoms with Gasteiger partial charge in [-0.2, -0.15) is 0 Å². The number of aliphatic hydroxyl groups excluding tert-OH is 1. The van der Waals surface area contributed by atoms with Crippen LogP contribution >= 0.6 is 0 Å². The molecule has 0 rings (SSSR count). The third-order valence-electron chi connectivity index (χ3n) is 2.71. The zero-order valence-electron chi connectivity index (χ0n) is 15.2. The van der Waals surface area contributed by atoms with Gasteiger partial charge in [-0.3, -0.25) is 0 Å². The van der Waals surface area contributed by atoms with Crippen molar-refractivity contribution < 1.29 is 28.8 Å². The summed E-state index contributed by atoms with van der Waals surface area (Å²) in [7, 11) is 0. The molecule has 0 amide bonds. The Balaban J connectivity index is 3.00. The van der Waals surface area contributed by atoms with Crippen LogP contribution in [0.2, 0.25) is 0 Å². The Kier molecular flexibility index (Phi) is 16.4. The summed E-state index contributed by atoms with van der Waals surface area (Å²) in [6.07, 6.45) is 1.95. The lowest BCUT2D eigenvalue weighted by Gasteiger charge is -2.17. The SMILES string of the molecule is CC(C)(C)COCCOCCOCCCCOCCOCCO. The predicted molar refractivity (Wildman–Crippen MR) is 89.9 cm³/mol. The van der Waals surface area contributed by atoms with Gasteiger partial charge in [-0.15, -0.1) is 0 Å². The molecule has 140 valence electrons. The Morgan fingerprint density at radius 3 is 1.39 bits per heavy atom. The Morgan fingerprint density at radius 1 is 0.565 bits per heavy atom. The van der Waals surface area contributed by atoms with E-state index in [-0.39, 0.29) is 12.0 Å². The van der Waals surface area contributed by atoms with Crippen LogP contribution in [-0.4, -0.2) is 77.8 Å². The van der Waals surface area contributed by atoms with Crippen LogP contribution in [0, 0.1) is 5.41 Å². The molecule has 0 aromatic rings. The monoisotopic (exact) mass is 336 g/mol. The lowest BCUT2D eigenvalue weighted by atomic mass is 9.99. The van der Waals surface area contributed by atoms with Gasteiger partial charge in [-0.25, -0.2) is 0 Å². The van der Waals surface area contributed by atoms with Gasteiger partial charge in [-0.05, 0) is 18.3 Å². The molecule has 23 heavy (non-hydrogen) atoms. The topological polar surface area (TPSA) is 66.4 Å². The van der Waals surface area contributed by atoms with Crippen LogP contribution in [0.15, 0.2) is 0 Å². The summed E-state index contributed by atoms with van der Waals surface area (Å²) in [6, 6.07) is 0. The van der Waals surface area contributed by atoms with Gasteiger partial charge in [0.1, 0.15) is 0 Å². The summed E-state index contributed by atoms with van der Waals surface area (Å²) in [5.74, 6) is 0. The summed E-state index contributed by atoms with van der Waals surface area (Å²) in [6.45, 7) is 12.7. The fourth-order valence-electron chi connectivity index (χ4n) is 1.61. The number of hydrogen-bond donors (Lipinski definition) is 1. The largest absolute Gasteiger partial charge is 0.394 e. The number of ether oxygens (including phenoxy) is 5. The highest BCUT2D eigenvalue weighted by molar-refractivity contribution is 4.58. The molecule has 6 nitrogen and oxygen atoms in total. The summed E-state index contributed by atoms with van der Waals surface area (Å²) >= 11 is 0. The van der Waals surface area contributed by atoms with Crippen molar-refractivity contribution in [3.05, 3.63) is 0 Å². The second-order valence-corrected chi connectivity index (χ2v) is 6.49. The molecular weight excluding hydrogens is 300 g/mol. The Morgan fingerprint density at radius 2 is 0.957 bits per heavy atom. The van der Waals surface area contributed by atoms with Crippen molar-refractivity contribution in [1.29, 1.82) is 0 Å². The Labute approximate surface area is 141 Å². The first-order chi connectivity index (χ1) is 11.1. The summed E-state index contributed by atoms with van der Waals surface area (Å²) in [5, 5.41) is 8.52. The van der Waals surface area contributed by atoms with Gasteiger partial charge in [0.05, 0.1) is 59.5 Å². The lowest BCUT2D eigenvalue weighted by molar-refractivity contribution is -0.00228. The summed E-state index contributed by atoms with van der Waals surface area (Å²) in [5.41, 5.74) is 0.208. The number of hydrogen-bond acceptors (Lipinski definition) is 6. The average Bonchev–Trinajstić information content (AvgIpc) is 2.49. The number of aliphatic hydroxyl groups is 1. The maximum atomic E-state index is 8.52. The van der Waals surface area contributed by atoms with Gasteiger partial charge in [0.15, 0.2) is 0 Å². The highest BCUT2D eigenvalue weighted by Crippen LogP contribution is 2.12. The molecule has 6 heteroatoms. The lowest BCUT2D eigenvalue weighted by Crippen LogP contribution is -2.17. The van der Waals surface area contributed by atoms with Crippen molar-refractivity contribution in [3.63, 3.8) is 0 Å². The molecule has 0 aliphatic carbocycles.